The third kappa shape index (κ3) is 6.17. The van der Waals surface area contributed by atoms with Crippen molar-refractivity contribution in [3.63, 3.8) is 0 Å². The van der Waals surface area contributed by atoms with Crippen LogP contribution < -0.4 is 0 Å². The first-order chi connectivity index (χ1) is 5.70. The van der Waals surface area contributed by atoms with Gasteiger partial charge in [0, 0.05) is 0 Å². The van der Waals surface area contributed by atoms with Gasteiger partial charge in [0.15, 0.2) is 0 Å². The van der Waals surface area contributed by atoms with Gasteiger partial charge >= 0.3 is 0 Å². The third-order valence-electron chi connectivity index (χ3n) is 1.95. The van der Waals surface area contributed by atoms with Crippen molar-refractivity contribution in [2.45, 2.75) is 39.2 Å². The lowest BCUT2D eigenvalue weighted by molar-refractivity contribution is 0.207. The molecule has 0 unspecified atom stereocenters. The fourth-order valence-electron chi connectivity index (χ4n) is 1.19. The lowest BCUT2D eigenvalue weighted by Crippen LogP contribution is -2.01. The Morgan fingerprint density at radius 3 is 2.58 bits per heavy atom. The largest absolute Gasteiger partial charge is 0.389 e. The van der Waals surface area contributed by atoms with E-state index in [1.165, 1.54) is 0 Å². The number of aliphatic hydroxyl groups is 1. The summed E-state index contributed by atoms with van der Waals surface area (Å²) in [5, 5.41) is 9.16. The zero-order chi connectivity index (χ0) is 9.40. The van der Waals surface area contributed by atoms with Gasteiger partial charge < -0.3 is 5.11 Å². The van der Waals surface area contributed by atoms with E-state index in [4.69, 9.17) is 5.11 Å². The number of allylic oxidation sites excluding steroid dienone is 2. The van der Waals surface area contributed by atoms with Crippen molar-refractivity contribution in [3.8, 4) is 0 Å². The van der Waals surface area contributed by atoms with Gasteiger partial charge in [-0.1, -0.05) is 25.2 Å². The van der Waals surface area contributed by atoms with Crippen molar-refractivity contribution < 1.29 is 5.11 Å². The fourth-order valence-corrected chi connectivity index (χ4v) is 1.19. The molecule has 0 spiro atoms. The minimum Gasteiger partial charge on any atom is -0.389 e. The van der Waals surface area contributed by atoms with Crippen LogP contribution in [0.25, 0.3) is 0 Å². The van der Waals surface area contributed by atoms with Crippen LogP contribution in [0.5, 0.6) is 0 Å². The molecule has 0 heterocycles. The maximum Gasteiger partial charge on any atom is 0.0718 e. The van der Waals surface area contributed by atoms with Gasteiger partial charge in [0.1, 0.15) is 0 Å². The molecule has 0 rings (SSSR count). The first kappa shape index (κ1) is 11.4. The number of rotatable bonds is 6. The van der Waals surface area contributed by atoms with Gasteiger partial charge in [-0.15, -0.1) is 6.58 Å². The van der Waals surface area contributed by atoms with Crippen molar-refractivity contribution in [1.82, 2.24) is 0 Å². The predicted molar refractivity (Wildman–Crippen MR) is 54.0 cm³/mol. The van der Waals surface area contributed by atoms with Gasteiger partial charge in [0.2, 0.25) is 0 Å². The van der Waals surface area contributed by atoms with E-state index >= 15 is 0 Å². The standard InChI is InChI=1S/C11H20O/c1-4-7-10(3)8-6-9-11(12)5-2/h4-5,7,10-12H,2,6,8-9H2,1,3H3/b7-4-/t10-,11+/m1/s1. The monoisotopic (exact) mass is 168 g/mol. The Balaban J connectivity index is 3.36. The van der Waals surface area contributed by atoms with Gasteiger partial charge in [-0.2, -0.15) is 0 Å². The van der Waals surface area contributed by atoms with E-state index in [2.05, 4.69) is 25.7 Å². The van der Waals surface area contributed by atoms with Crippen molar-refractivity contribution in [1.29, 1.82) is 0 Å². The molecule has 0 bridgehead atoms. The third-order valence-corrected chi connectivity index (χ3v) is 1.95. The highest BCUT2D eigenvalue weighted by molar-refractivity contribution is 4.83. The molecule has 0 amide bonds. The topological polar surface area (TPSA) is 20.2 Å². The summed E-state index contributed by atoms with van der Waals surface area (Å²) >= 11 is 0. The molecule has 0 aliphatic heterocycles. The fraction of sp³-hybridized carbons (Fsp3) is 0.636. The Kier molecular flexibility index (Phi) is 6.78. The molecule has 0 aromatic carbocycles. The lowest BCUT2D eigenvalue weighted by Gasteiger charge is -2.07. The highest BCUT2D eigenvalue weighted by Crippen LogP contribution is 2.10. The SMILES string of the molecule is C=C[C@H](O)CCC[C@H](C)/C=C\C. The van der Waals surface area contributed by atoms with Gasteiger partial charge in [0.25, 0.3) is 0 Å². The maximum absolute atomic E-state index is 9.16. The van der Waals surface area contributed by atoms with Crippen LogP contribution in [0.1, 0.15) is 33.1 Å². The molecule has 70 valence electrons. The Bertz CT molecular complexity index is 138. The van der Waals surface area contributed by atoms with E-state index in [9.17, 15) is 0 Å². The summed E-state index contributed by atoms with van der Waals surface area (Å²) in [6.45, 7) is 7.76. The minimum absolute atomic E-state index is 0.317. The smallest absolute Gasteiger partial charge is 0.0718 e. The molecule has 1 nitrogen and oxygen atoms in total. The predicted octanol–water partition coefficient (Wildman–Crippen LogP) is 2.92. The normalized spacial score (nSPS) is 16.2. The Morgan fingerprint density at radius 2 is 2.08 bits per heavy atom. The highest BCUT2D eigenvalue weighted by Gasteiger charge is 2.00. The number of aliphatic hydroxyl groups excluding tert-OH is 1. The van der Waals surface area contributed by atoms with Crippen LogP contribution >= 0.6 is 0 Å². The Morgan fingerprint density at radius 1 is 1.42 bits per heavy atom. The van der Waals surface area contributed by atoms with Crippen molar-refractivity contribution >= 4 is 0 Å². The van der Waals surface area contributed by atoms with Crippen LogP contribution in [0.2, 0.25) is 0 Å². The second-order valence-corrected chi connectivity index (χ2v) is 3.24. The van der Waals surface area contributed by atoms with Gasteiger partial charge in [-0.3, -0.25) is 0 Å². The molecule has 0 saturated carbocycles. The number of hydrogen-bond acceptors (Lipinski definition) is 1. The van der Waals surface area contributed by atoms with E-state index in [0.717, 1.165) is 19.3 Å². The van der Waals surface area contributed by atoms with Crippen LogP contribution in [-0.2, 0) is 0 Å². The van der Waals surface area contributed by atoms with E-state index in [0.29, 0.717) is 5.92 Å². The zero-order valence-electron chi connectivity index (χ0n) is 8.16. The molecule has 1 heteroatoms. The van der Waals surface area contributed by atoms with Crippen LogP contribution in [0, 0.1) is 5.92 Å². The molecule has 0 aromatic heterocycles. The maximum atomic E-state index is 9.16. The van der Waals surface area contributed by atoms with E-state index < -0.39 is 0 Å². The summed E-state index contributed by atoms with van der Waals surface area (Å²) in [5.74, 6) is 0.631. The summed E-state index contributed by atoms with van der Waals surface area (Å²) in [7, 11) is 0. The molecule has 0 saturated heterocycles. The van der Waals surface area contributed by atoms with Crippen molar-refractivity contribution in [3.05, 3.63) is 24.8 Å². The minimum atomic E-state index is -0.317. The molecule has 2 atom stereocenters. The summed E-state index contributed by atoms with van der Waals surface area (Å²) < 4.78 is 0. The molecule has 0 aliphatic rings. The van der Waals surface area contributed by atoms with E-state index in [-0.39, 0.29) is 6.10 Å². The Labute approximate surface area is 75.8 Å². The van der Waals surface area contributed by atoms with Crippen LogP contribution in [0.15, 0.2) is 24.8 Å². The van der Waals surface area contributed by atoms with Crippen LogP contribution in [0.3, 0.4) is 0 Å². The molecular weight excluding hydrogens is 148 g/mol. The quantitative estimate of drug-likeness (QED) is 0.605. The zero-order valence-corrected chi connectivity index (χ0v) is 8.16. The molecule has 0 fully saturated rings. The van der Waals surface area contributed by atoms with Crippen molar-refractivity contribution in [2.24, 2.45) is 5.92 Å². The van der Waals surface area contributed by atoms with Gasteiger partial charge in [-0.25, -0.2) is 0 Å². The Hall–Kier alpha value is -0.560. The second kappa shape index (κ2) is 7.11. The second-order valence-electron chi connectivity index (χ2n) is 3.24. The molecular formula is C11H20O. The lowest BCUT2D eigenvalue weighted by atomic mass is 10.0. The molecule has 0 aromatic rings. The summed E-state index contributed by atoms with van der Waals surface area (Å²) in [4.78, 5) is 0. The van der Waals surface area contributed by atoms with E-state index in [1.54, 1.807) is 6.08 Å². The van der Waals surface area contributed by atoms with E-state index in [1.807, 2.05) is 6.92 Å². The molecule has 12 heavy (non-hydrogen) atoms. The first-order valence-corrected chi connectivity index (χ1v) is 4.64. The molecule has 0 aliphatic carbocycles. The summed E-state index contributed by atoms with van der Waals surface area (Å²) in [5.41, 5.74) is 0. The van der Waals surface area contributed by atoms with Crippen LogP contribution in [-0.4, -0.2) is 11.2 Å². The molecule has 0 radical (unpaired) electrons. The average molecular weight is 168 g/mol. The average Bonchev–Trinajstić information content (AvgIpc) is 2.04. The highest BCUT2D eigenvalue weighted by atomic mass is 16.3. The summed E-state index contributed by atoms with van der Waals surface area (Å²) in [6.07, 6.45) is 8.61. The number of hydrogen-bond donors (Lipinski definition) is 1. The van der Waals surface area contributed by atoms with Crippen LogP contribution in [0.4, 0.5) is 0 Å². The summed E-state index contributed by atoms with van der Waals surface area (Å²) in [6, 6.07) is 0. The molecule has 1 N–H and O–H groups in total. The van der Waals surface area contributed by atoms with Gasteiger partial charge in [0.05, 0.1) is 6.10 Å². The van der Waals surface area contributed by atoms with Crippen molar-refractivity contribution in [2.75, 3.05) is 0 Å². The first-order valence-electron chi connectivity index (χ1n) is 4.64. The van der Waals surface area contributed by atoms with Gasteiger partial charge in [-0.05, 0) is 32.1 Å².